The summed E-state index contributed by atoms with van der Waals surface area (Å²) in [5.74, 6) is -1.57. The van der Waals surface area contributed by atoms with Gasteiger partial charge in [-0.15, -0.1) is 0 Å². The standard InChI is InChI=1S/C28H30O4/c1-28(2,18-17-27(31)32)22-12-6-11-21(19-22)24-14-7-13-23(20-9-4-3-5-10-20)25(24)15-8-16-26(29)30/h3-7,9-14,19H,8,15-18H2,1-2H3,(H,29,30)(H,31,32). The van der Waals surface area contributed by atoms with E-state index in [-0.39, 0.29) is 18.3 Å². The Morgan fingerprint density at radius 3 is 2.00 bits per heavy atom. The third-order valence-corrected chi connectivity index (χ3v) is 6.00. The molecule has 0 fully saturated rings. The summed E-state index contributed by atoms with van der Waals surface area (Å²) in [5.41, 5.74) is 6.34. The van der Waals surface area contributed by atoms with Gasteiger partial charge in [-0.2, -0.15) is 0 Å². The van der Waals surface area contributed by atoms with Crippen LogP contribution in [0.1, 0.15) is 50.7 Å². The highest BCUT2D eigenvalue weighted by atomic mass is 16.4. The van der Waals surface area contributed by atoms with E-state index in [1.807, 2.05) is 30.3 Å². The molecule has 3 rings (SSSR count). The highest BCUT2D eigenvalue weighted by molar-refractivity contribution is 5.79. The number of hydrogen-bond donors (Lipinski definition) is 2. The average Bonchev–Trinajstić information content (AvgIpc) is 2.78. The zero-order valence-electron chi connectivity index (χ0n) is 18.7. The molecular formula is C28H30O4. The van der Waals surface area contributed by atoms with Crippen molar-refractivity contribution in [3.05, 3.63) is 83.9 Å². The van der Waals surface area contributed by atoms with Crippen molar-refractivity contribution in [3.63, 3.8) is 0 Å². The monoisotopic (exact) mass is 430 g/mol. The fourth-order valence-corrected chi connectivity index (χ4v) is 4.10. The summed E-state index contributed by atoms with van der Waals surface area (Å²) in [5, 5.41) is 18.2. The summed E-state index contributed by atoms with van der Waals surface area (Å²) in [6, 6.07) is 24.7. The van der Waals surface area contributed by atoms with E-state index in [1.54, 1.807) is 0 Å². The molecule has 2 N–H and O–H groups in total. The molecule has 0 aromatic heterocycles. The van der Waals surface area contributed by atoms with Gasteiger partial charge in [0.2, 0.25) is 0 Å². The van der Waals surface area contributed by atoms with Crippen LogP contribution in [0.4, 0.5) is 0 Å². The molecule has 0 saturated carbocycles. The molecule has 0 amide bonds. The normalized spacial score (nSPS) is 11.3. The van der Waals surface area contributed by atoms with Crippen LogP contribution < -0.4 is 0 Å². The fourth-order valence-electron chi connectivity index (χ4n) is 4.10. The fraction of sp³-hybridized carbons (Fsp3) is 0.286. The maximum Gasteiger partial charge on any atom is 0.303 e. The van der Waals surface area contributed by atoms with Crippen LogP contribution in [0.25, 0.3) is 22.3 Å². The first kappa shape index (κ1) is 23.3. The first-order valence-electron chi connectivity index (χ1n) is 11.0. The number of carboxylic acids is 2. The minimum atomic E-state index is -0.787. The maximum absolute atomic E-state index is 11.1. The van der Waals surface area contributed by atoms with Crippen LogP contribution in [0.15, 0.2) is 72.8 Å². The Morgan fingerprint density at radius 1 is 0.750 bits per heavy atom. The largest absolute Gasteiger partial charge is 0.481 e. The van der Waals surface area contributed by atoms with Crippen molar-refractivity contribution in [1.82, 2.24) is 0 Å². The molecule has 4 nitrogen and oxygen atoms in total. The van der Waals surface area contributed by atoms with E-state index >= 15 is 0 Å². The summed E-state index contributed by atoms with van der Waals surface area (Å²) in [6.45, 7) is 4.15. The molecule has 3 aromatic carbocycles. The van der Waals surface area contributed by atoms with E-state index in [0.29, 0.717) is 19.3 Å². The van der Waals surface area contributed by atoms with Crippen molar-refractivity contribution in [2.75, 3.05) is 0 Å². The van der Waals surface area contributed by atoms with E-state index in [1.165, 1.54) is 0 Å². The topological polar surface area (TPSA) is 74.6 Å². The summed E-state index contributed by atoms with van der Waals surface area (Å²) < 4.78 is 0. The lowest BCUT2D eigenvalue weighted by atomic mass is 9.79. The second kappa shape index (κ2) is 10.3. The van der Waals surface area contributed by atoms with Crippen LogP contribution in [-0.4, -0.2) is 22.2 Å². The van der Waals surface area contributed by atoms with Gasteiger partial charge in [-0.05, 0) is 58.1 Å². The quantitative estimate of drug-likeness (QED) is 0.381. The molecule has 0 aliphatic rings. The van der Waals surface area contributed by atoms with E-state index in [0.717, 1.165) is 33.4 Å². The zero-order chi connectivity index (χ0) is 23.1. The van der Waals surface area contributed by atoms with Crippen molar-refractivity contribution in [2.45, 2.75) is 51.4 Å². The molecule has 0 spiro atoms. The van der Waals surface area contributed by atoms with Crippen molar-refractivity contribution >= 4 is 11.9 Å². The lowest BCUT2D eigenvalue weighted by molar-refractivity contribution is -0.138. The Hall–Kier alpha value is -3.40. The van der Waals surface area contributed by atoms with Crippen molar-refractivity contribution in [2.24, 2.45) is 0 Å². The lowest BCUT2D eigenvalue weighted by Crippen LogP contribution is -2.18. The maximum atomic E-state index is 11.1. The van der Waals surface area contributed by atoms with Crippen molar-refractivity contribution in [3.8, 4) is 22.3 Å². The number of rotatable bonds is 10. The van der Waals surface area contributed by atoms with Gasteiger partial charge in [0, 0.05) is 12.8 Å². The Labute approximate surface area is 189 Å². The first-order valence-corrected chi connectivity index (χ1v) is 11.0. The second-order valence-corrected chi connectivity index (χ2v) is 8.80. The zero-order valence-corrected chi connectivity index (χ0v) is 18.7. The number of benzene rings is 3. The Bertz CT molecular complexity index is 1080. The van der Waals surface area contributed by atoms with Gasteiger partial charge in [0.15, 0.2) is 0 Å². The average molecular weight is 431 g/mol. The Balaban J connectivity index is 2.05. The van der Waals surface area contributed by atoms with Gasteiger partial charge in [0.05, 0.1) is 0 Å². The molecule has 0 bridgehead atoms. The molecule has 0 atom stereocenters. The predicted octanol–water partition coefficient (Wildman–Crippen LogP) is 6.57. The molecule has 0 aliphatic carbocycles. The molecule has 0 saturated heterocycles. The van der Waals surface area contributed by atoms with Crippen LogP contribution in [0.3, 0.4) is 0 Å². The Kier molecular flexibility index (Phi) is 7.47. The van der Waals surface area contributed by atoms with Gasteiger partial charge in [0.1, 0.15) is 0 Å². The van der Waals surface area contributed by atoms with Gasteiger partial charge in [-0.1, -0.05) is 86.6 Å². The van der Waals surface area contributed by atoms with Gasteiger partial charge in [-0.25, -0.2) is 0 Å². The Morgan fingerprint density at radius 2 is 1.34 bits per heavy atom. The lowest BCUT2D eigenvalue weighted by Gasteiger charge is -2.25. The molecule has 32 heavy (non-hydrogen) atoms. The van der Waals surface area contributed by atoms with Crippen LogP contribution in [0, 0.1) is 0 Å². The molecule has 3 aromatic rings. The second-order valence-electron chi connectivity index (χ2n) is 8.80. The summed E-state index contributed by atoms with van der Waals surface area (Å²) in [4.78, 5) is 22.2. The van der Waals surface area contributed by atoms with E-state index in [2.05, 4.69) is 56.3 Å². The van der Waals surface area contributed by atoms with Gasteiger partial charge >= 0.3 is 11.9 Å². The highest BCUT2D eigenvalue weighted by Gasteiger charge is 2.22. The predicted molar refractivity (Wildman–Crippen MR) is 128 cm³/mol. The van der Waals surface area contributed by atoms with Crippen molar-refractivity contribution in [1.29, 1.82) is 0 Å². The van der Waals surface area contributed by atoms with Crippen LogP contribution in [0.5, 0.6) is 0 Å². The smallest absolute Gasteiger partial charge is 0.303 e. The van der Waals surface area contributed by atoms with Gasteiger partial charge < -0.3 is 10.2 Å². The third-order valence-electron chi connectivity index (χ3n) is 6.00. The van der Waals surface area contributed by atoms with Crippen LogP contribution in [0.2, 0.25) is 0 Å². The molecule has 0 heterocycles. The van der Waals surface area contributed by atoms with Crippen LogP contribution >= 0.6 is 0 Å². The molecule has 0 unspecified atom stereocenters. The summed E-state index contributed by atoms with van der Waals surface area (Å²) in [6.07, 6.45) is 2.04. The summed E-state index contributed by atoms with van der Waals surface area (Å²) in [7, 11) is 0. The number of carbonyl (C=O) groups is 2. The highest BCUT2D eigenvalue weighted by Crippen LogP contribution is 2.36. The van der Waals surface area contributed by atoms with Crippen molar-refractivity contribution < 1.29 is 19.8 Å². The molecule has 4 heteroatoms. The number of aliphatic carboxylic acids is 2. The number of hydrogen-bond acceptors (Lipinski definition) is 2. The molecule has 0 aliphatic heterocycles. The van der Waals surface area contributed by atoms with Gasteiger partial charge in [-0.3, -0.25) is 9.59 Å². The summed E-state index contributed by atoms with van der Waals surface area (Å²) >= 11 is 0. The molecule has 0 radical (unpaired) electrons. The van der Waals surface area contributed by atoms with E-state index < -0.39 is 11.9 Å². The molecular weight excluding hydrogens is 400 g/mol. The third kappa shape index (κ3) is 5.85. The van der Waals surface area contributed by atoms with E-state index in [9.17, 15) is 9.59 Å². The van der Waals surface area contributed by atoms with E-state index in [4.69, 9.17) is 10.2 Å². The van der Waals surface area contributed by atoms with Crippen LogP contribution in [-0.2, 0) is 21.4 Å². The number of carboxylic acid groups (broad SMARTS) is 2. The molecule has 166 valence electrons. The first-order chi connectivity index (χ1) is 15.3. The minimum Gasteiger partial charge on any atom is -0.481 e. The SMILES string of the molecule is CC(C)(CCC(=O)O)c1cccc(-c2cccc(-c3ccccc3)c2CCCC(=O)O)c1. The van der Waals surface area contributed by atoms with Gasteiger partial charge in [0.25, 0.3) is 0 Å². The minimum absolute atomic E-state index is 0.126.